The second-order valence-electron chi connectivity index (χ2n) is 4.89. The highest BCUT2D eigenvalue weighted by atomic mass is 16.6. The number of morpholine rings is 1. The molecule has 1 heterocycles. The van der Waals surface area contributed by atoms with Crippen molar-refractivity contribution in [1.29, 1.82) is 0 Å². The number of β-amino-alcohol motifs (C(OH)–C–C–N with tert-alkyl or cyclic N) is 1. The molecule has 20 heavy (non-hydrogen) atoms. The molecule has 1 N–H and O–H groups in total. The average Bonchev–Trinajstić information content (AvgIpc) is 2.45. The lowest BCUT2D eigenvalue weighted by Gasteiger charge is -2.35. The molecule has 1 aliphatic rings. The van der Waals surface area contributed by atoms with Gasteiger partial charge in [0.2, 0.25) is 0 Å². The highest BCUT2D eigenvalue weighted by Gasteiger charge is 2.25. The standard InChI is InChI=1S/C15H21NO4/c1-3-14(16-7-8-19-15(18)10-16)20-13-6-4-5-12(9-13)11(2)17/h4-6,9,14-15,18H,3,7-8,10H2,1-2H3. The molecule has 2 unspecified atom stereocenters. The Morgan fingerprint density at radius 1 is 1.60 bits per heavy atom. The fraction of sp³-hybridized carbons (Fsp3) is 0.533. The fourth-order valence-corrected chi connectivity index (χ4v) is 2.27. The van der Waals surface area contributed by atoms with E-state index in [9.17, 15) is 9.90 Å². The molecule has 0 aromatic heterocycles. The van der Waals surface area contributed by atoms with Crippen molar-refractivity contribution in [1.82, 2.24) is 4.90 Å². The number of ketones is 1. The molecular weight excluding hydrogens is 258 g/mol. The molecule has 5 heteroatoms. The third-order valence-electron chi connectivity index (χ3n) is 3.35. The van der Waals surface area contributed by atoms with Crippen molar-refractivity contribution in [2.24, 2.45) is 0 Å². The third-order valence-corrected chi connectivity index (χ3v) is 3.35. The molecular formula is C15H21NO4. The molecule has 5 nitrogen and oxygen atoms in total. The molecule has 0 spiro atoms. The van der Waals surface area contributed by atoms with Gasteiger partial charge in [-0.25, -0.2) is 0 Å². The average molecular weight is 279 g/mol. The summed E-state index contributed by atoms with van der Waals surface area (Å²) in [6, 6.07) is 7.18. The molecule has 0 radical (unpaired) electrons. The number of carbonyl (C=O) groups excluding carboxylic acids is 1. The van der Waals surface area contributed by atoms with Crippen LogP contribution in [0.2, 0.25) is 0 Å². The maximum atomic E-state index is 11.4. The Morgan fingerprint density at radius 3 is 3.05 bits per heavy atom. The number of hydrogen-bond acceptors (Lipinski definition) is 5. The molecule has 1 saturated heterocycles. The summed E-state index contributed by atoms with van der Waals surface area (Å²) in [5.41, 5.74) is 0.638. The maximum Gasteiger partial charge on any atom is 0.167 e. The van der Waals surface area contributed by atoms with Crippen molar-refractivity contribution < 1.29 is 19.4 Å². The largest absolute Gasteiger partial charge is 0.475 e. The minimum absolute atomic E-state index is 0.0188. The molecule has 1 aliphatic heterocycles. The minimum Gasteiger partial charge on any atom is -0.475 e. The van der Waals surface area contributed by atoms with E-state index in [2.05, 4.69) is 4.90 Å². The summed E-state index contributed by atoms with van der Waals surface area (Å²) in [7, 11) is 0. The lowest BCUT2D eigenvalue weighted by atomic mass is 10.1. The van der Waals surface area contributed by atoms with E-state index in [1.165, 1.54) is 6.92 Å². The Hall–Kier alpha value is -1.43. The molecule has 0 aliphatic carbocycles. The number of hydrogen-bond donors (Lipinski definition) is 1. The number of benzene rings is 1. The summed E-state index contributed by atoms with van der Waals surface area (Å²) in [6.45, 7) is 5.22. The zero-order valence-electron chi connectivity index (χ0n) is 11.9. The molecule has 0 saturated carbocycles. The van der Waals surface area contributed by atoms with E-state index in [-0.39, 0.29) is 12.0 Å². The first-order chi connectivity index (χ1) is 9.60. The Balaban J connectivity index is 2.05. The van der Waals surface area contributed by atoms with Gasteiger partial charge in [0.05, 0.1) is 13.2 Å². The van der Waals surface area contributed by atoms with Gasteiger partial charge in [-0.1, -0.05) is 19.1 Å². The molecule has 1 aromatic rings. The van der Waals surface area contributed by atoms with Gasteiger partial charge in [-0.3, -0.25) is 9.69 Å². The Morgan fingerprint density at radius 2 is 2.40 bits per heavy atom. The van der Waals surface area contributed by atoms with Crippen LogP contribution in [-0.4, -0.2) is 48.0 Å². The van der Waals surface area contributed by atoms with E-state index in [1.54, 1.807) is 12.1 Å². The lowest BCUT2D eigenvalue weighted by molar-refractivity contribution is -0.169. The van der Waals surface area contributed by atoms with E-state index in [0.29, 0.717) is 24.5 Å². The zero-order chi connectivity index (χ0) is 14.5. The fourth-order valence-electron chi connectivity index (χ4n) is 2.27. The van der Waals surface area contributed by atoms with Gasteiger partial charge in [-0.05, 0) is 25.5 Å². The monoisotopic (exact) mass is 279 g/mol. The van der Waals surface area contributed by atoms with Crippen molar-refractivity contribution in [3.8, 4) is 5.75 Å². The second-order valence-corrected chi connectivity index (χ2v) is 4.89. The van der Waals surface area contributed by atoms with Crippen molar-refractivity contribution in [2.75, 3.05) is 19.7 Å². The van der Waals surface area contributed by atoms with Crippen molar-refractivity contribution in [3.05, 3.63) is 29.8 Å². The summed E-state index contributed by atoms with van der Waals surface area (Å²) in [5.74, 6) is 0.691. The number of aliphatic hydroxyl groups is 1. The van der Waals surface area contributed by atoms with Crippen LogP contribution < -0.4 is 4.74 Å². The van der Waals surface area contributed by atoms with E-state index >= 15 is 0 Å². The molecule has 2 rings (SSSR count). The second kappa shape index (κ2) is 6.83. The van der Waals surface area contributed by atoms with Crippen LogP contribution in [0.3, 0.4) is 0 Å². The van der Waals surface area contributed by atoms with Gasteiger partial charge < -0.3 is 14.6 Å². The van der Waals surface area contributed by atoms with Crippen LogP contribution in [0.25, 0.3) is 0 Å². The minimum atomic E-state index is -0.759. The Labute approximate surface area is 119 Å². The molecule has 0 amide bonds. The quantitative estimate of drug-likeness (QED) is 0.831. The zero-order valence-corrected chi connectivity index (χ0v) is 11.9. The summed E-state index contributed by atoms with van der Waals surface area (Å²) in [5, 5.41) is 9.54. The van der Waals surface area contributed by atoms with Crippen LogP contribution in [0, 0.1) is 0 Å². The number of ether oxygens (including phenoxy) is 2. The molecule has 0 bridgehead atoms. The first kappa shape index (κ1) is 15.0. The number of Topliss-reactive ketones (excluding diaryl/α,β-unsaturated/α-hetero) is 1. The van der Waals surface area contributed by atoms with E-state index < -0.39 is 6.29 Å². The van der Waals surface area contributed by atoms with E-state index in [0.717, 1.165) is 13.0 Å². The number of rotatable bonds is 5. The van der Waals surface area contributed by atoms with Crippen LogP contribution in [-0.2, 0) is 4.74 Å². The topological polar surface area (TPSA) is 59.0 Å². The van der Waals surface area contributed by atoms with Gasteiger partial charge in [0.25, 0.3) is 0 Å². The smallest absolute Gasteiger partial charge is 0.167 e. The van der Waals surface area contributed by atoms with E-state index in [1.807, 2.05) is 19.1 Å². The van der Waals surface area contributed by atoms with Crippen LogP contribution >= 0.6 is 0 Å². The first-order valence-corrected chi connectivity index (χ1v) is 6.91. The summed E-state index contributed by atoms with van der Waals surface area (Å²) >= 11 is 0. The summed E-state index contributed by atoms with van der Waals surface area (Å²) in [4.78, 5) is 13.4. The molecule has 1 fully saturated rings. The summed E-state index contributed by atoms with van der Waals surface area (Å²) in [6.07, 6.45) is -0.0995. The highest BCUT2D eigenvalue weighted by molar-refractivity contribution is 5.94. The van der Waals surface area contributed by atoms with Gasteiger partial charge in [0.15, 0.2) is 18.3 Å². The third kappa shape index (κ3) is 3.79. The molecule has 2 atom stereocenters. The normalized spacial score (nSPS) is 21.4. The predicted molar refractivity (Wildman–Crippen MR) is 74.7 cm³/mol. The Bertz CT molecular complexity index is 463. The van der Waals surface area contributed by atoms with Gasteiger partial charge >= 0.3 is 0 Å². The number of nitrogens with zero attached hydrogens (tertiary/aromatic N) is 1. The SMILES string of the molecule is CCC(Oc1cccc(C(C)=O)c1)N1CCOC(O)C1. The van der Waals surface area contributed by atoms with Gasteiger partial charge in [0.1, 0.15) is 5.75 Å². The van der Waals surface area contributed by atoms with Crippen molar-refractivity contribution >= 4 is 5.78 Å². The van der Waals surface area contributed by atoms with Crippen molar-refractivity contribution in [2.45, 2.75) is 32.8 Å². The van der Waals surface area contributed by atoms with Gasteiger partial charge in [-0.2, -0.15) is 0 Å². The highest BCUT2D eigenvalue weighted by Crippen LogP contribution is 2.19. The first-order valence-electron chi connectivity index (χ1n) is 6.91. The van der Waals surface area contributed by atoms with Gasteiger partial charge in [-0.15, -0.1) is 0 Å². The van der Waals surface area contributed by atoms with Crippen LogP contribution in [0.15, 0.2) is 24.3 Å². The van der Waals surface area contributed by atoms with Crippen LogP contribution in [0.5, 0.6) is 5.75 Å². The number of carbonyl (C=O) groups is 1. The van der Waals surface area contributed by atoms with E-state index in [4.69, 9.17) is 9.47 Å². The molecule has 110 valence electrons. The van der Waals surface area contributed by atoms with Crippen LogP contribution in [0.1, 0.15) is 30.6 Å². The van der Waals surface area contributed by atoms with Crippen LogP contribution in [0.4, 0.5) is 0 Å². The predicted octanol–water partition coefficient (Wildman–Crippen LogP) is 1.65. The molecule has 1 aromatic carbocycles. The van der Waals surface area contributed by atoms with Gasteiger partial charge in [0, 0.05) is 12.1 Å². The summed E-state index contributed by atoms with van der Waals surface area (Å²) < 4.78 is 11.1. The number of aliphatic hydroxyl groups excluding tert-OH is 1. The van der Waals surface area contributed by atoms with Crippen molar-refractivity contribution in [3.63, 3.8) is 0 Å². The maximum absolute atomic E-state index is 11.4. The Kier molecular flexibility index (Phi) is 5.11. The lowest BCUT2D eigenvalue weighted by Crippen LogP contribution is -2.49.